The van der Waals surface area contributed by atoms with Gasteiger partial charge in [-0.1, -0.05) is 36.0 Å². The third-order valence-electron chi connectivity index (χ3n) is 4.79. The van der Waals surface area contributed by atoms with Crippen molar-refractivity contribution in [3.63, 3.8) is 0 Å². The van der Waals surface area contributed by atoms with Gasteiger partial charge in [0.05, 0.1) is 13.2 Å². The summed E-state index contributed by atoms with van der Waals surface area (Å²) >= 11 is 0. The quantitative estimate of drug-likeness (QED) is 0.226. The summed E-state index contributed by atoms with van der Waals surface area (Å²) in [5.41, 5.74) is 4.78. The first-order valence-corrected chi connectivity index (χ1v) is 10.1. The van der Waals surface area contributed by atoms with E-state index >= 15 is 0 Å². The number of hydrogen-bond donors (Lipinski definition) is 0. The van der Waals surface area contributed by atoms with Crippen molar-refractivity contribution in [2.45, 2.75) is 52.7 Å². The van der Waals surface area contributed by atoms with Gasteiger partial charge in [0.2, 0.25) is 0 Å². The Hall–Kier alpha value is -2.04. The predicted molar refractivity (Wildman–Crippen MR) is 112 cm³/mol. The number of hydrogen-bond acceptors (Lipinski definition) is 4. The van der Waals surface area contributed by atoms with Gasteiger partial charge in [0, 0.05) is 11.1 Å². The largest absolute Gasteiger partial charge is 0.491 e. The van der Waals surface area contributed by atoms with Crippen LogP contribution in [0.3, 0.4) is 0 Å². The van der Waals surface area contributed by atoms with Gasteiger partial charge in [-0.25, -0.2) is 0 Å². The zero-order chi connectivity index (χ0) is 19.9. The van der Waals surface area contributed by atoms with Crippen LogP contribution in [0.2, 0.25) is 0 Å². The van der Waals surface area contributed by atoms with E-state index in [0.29, 0.717) is 13.2 Å². The molecule has 3 aliphatic rings. The molecule has 0 aromatic carbocycles. The van der Waals surface area contributed by atoms with E-state index in [0.717, 1.165) is 43.1 Å². The highest BCUT2D eigenvalue weighted by atomic mass is 16.6. The molecule has 0 N–H and O–H groups in total. The van der Waals surface area contributed by atoms with Crippen molar-refractivity contribution < 1.29 is 18.9 Å². The van der Waals surface area contributed by atoms with Crippen LogP contribution >= 0.6 is 0 Å². The van der Waals surface area contributed by atoms with Crippen LogP contribution in [0.5, 0.6) is 0 Å². The molecular weight excluding hydrogens is 352 g/mol. The summed E-state index contributed by atoms with van der Waals surface area (Å²) in [5.74, 6) is 1.87. The van der Waals surface area contributed by atoms with Crippen LogP contribution < -0.4 is 0 Å². The van der Waals surface area contributed by atoms with Gasteiger partial charge in [-0.2, -0.15) is 0 Å². The molecule has 1 aliphatic carbocycles. The fourth-order valence-electron chi connectivity index (χ4n) is 3.06. The van der Waals surface area contributed by atoms with Crippen molar-refractivity contribution in [2.24, 2.45) is 0 Å². The lowest BCUT2D eigenvalue weighted by Crippen LogP contribution is -2.11. The molecule has 0 spiro atoms. The minimum absolute atomic E-state index is 0.220. The van der Waals surface area contributed by atoms with Gasteiger partial charge < -0.3 is 18.9 Å². The zero-order valence-corrected chi connectivity index (χ0v) is 17.5. The molecule has 2 fully saturated rings. The molecule has 152 valence electrons. The van der Waals surface area contributed by atoms with Crippen molar-refractivity contribution in [3.05, 3.63) is 70.3 Å². The molecule has 0 bridgehead atoms. The van der Waals surface area contributed by atoms with Crippen molar-refractivity contribution in [1.29, 1.82) is 0 Å². The third kappa shape index (κ3) is 6.25. The number of rotatable bonds is 10. The SMILES string of the molecule is C/C=C(/OCC1CO1)C1=C(/C(OCC2CO2)=C(C)/C=C\C=C(C)C)CC=CC1. The second-order valence-electron chi connectivity index (χ2n) is 7.64. The van der Waals surface area contributed by atoms with Crippen LogP contribution in [0, 0.1) is 0 Å². The van der Waals surface area contributed by atoms with Crippen LogP contribution in [-0.4, -0.2) is 38.6 Å². The molecule has 0 aromatic heterocycles. The number of epoxide rings is 2. The predicted octanol–water partition coefficient (Wildman–Crippen LogP) is 5.16. The molecule has 2 atom stereocenters. The van der Waals surface area contributed by atoms with Gasteiger partial charge in [0.15, 0.2) is 0 Å². The fraction of sp³-hybridized carbons (Fsp3) is 0.500. The first kappa shape index (κ1) is 20.7. The maximum atomic E-state index is 6.27. The van der Waals surface area contributed by atoms with Crippen molar-refractivity contribution in [3.8, 4) is 0 Å². The summed E-state index contributed by atoms with van der Waals surface area (Å²) < 4.78 is 23.0. The second kappa shape index (κ2) is 9.94. The van der Waals surface area contributed by atoms with Gasteiger partial charge in [-0.3, -0.25) is 0 Å². The minimum Gasteiger partial charge on any atom is -0.491 e. The highest BCUT2D eigenvalue weighted by Crippen LogP contribution is 2.34. The average Bonchev–Trinajstić information content (AvgIpc) is 3.58. The summed E-state index contributed by atoms with van der Waals surface area (Å²) in [5, 5.41) is 0. The van der Waals surface area contributed by atoms with E-state index in [1.807, 2.05) is 13.0 Å². The van der Waals surface area contributed by atoms with Gasteiger partial charge in [-0.15, -0.1) is 0 Å². The molecule has 0 amide bonds. The average molecular weight is 385 g/mol. The minimum atomic E-state index is 0.220. The third-order valence-corrected chi connectivity index (χ3v) is 4.79. The molecule has 4 nitrogen and oxygen atoms in total. The van der Waals surface area contributed by atoms with Crippen LogP contribution in [0.4, 0.5) is 0 Å². The van der Waals surface area contributed by atoms with E-state index in [9.17, 15) is 0 Å². The van der Waals surface area contributed by atoms with Gasteiger partial charge in [-0.05, 0) is 52.2 Å². The van der Waals surface area contributed by atoms with E-state index in [2.05, 4.69) is 51.2 Å². The van der Waals surface area contributed by atoms with Crippen LogP contribution in [0.25, 0.3) is 0 Å². The van der Waals surface area contributed by atoms with E-state index in [1.165, 1.54) is 16.7 Å². The lowest BCUT2D eigenvalue weighted by molar-refractivity contribution is 0.180. The first-order chi connectivity index (χ1) is 13.6. The molecule has 0 radical (unpaired) electrons. The number of ether oxygens (including phenoxy) is 4. The molecule has 4 heteroatoms. The van der Waals surface area contributed by atoms with Gasteiger partial charge >= 0.3 is 0 Å². The van der Waals surface area contributed by atoms with Crippen LogP contribution in [0.1, 0.15) is 40.5 Å². The molecule has 0 saturated carbocycles. The topological polar surface area (TPSA) is 43.5 Å². The summed E-state index contributed by atoms with van der Waals surface area (Å²) in [7, 11) is 0. The second-order valence-corrected chi connectivity index (χ2v) is 7.64. The Bertz CT molecular complexity index is 737. The first-order valence-electron chi connectivity index (χ1n) is 10.1. The Morgan fingerprint density at radius 2 is 1.61 bits per heavy atom. The van der Waals surface area contributed by atoms with Crippen LogP contribution in [0.15, 0.2) is 70.3 Å². The molecule has 0 aromatic rings. The Morgan fingerprint density at radius 3 is 2.18 bits per heavy atom. The van der Waals surface area contributed by atoms with Crippen LogP contribution in [-0.2, 0) is 18.9 Å². The van der Waals surface area contributed by atoms with Crippen molar-refractivity contribution in [2.75, 3.05) is 26.4 Å². The molecule has 3 rings (SSSR count). The van der Waals surface area contributed by atoms with E-state index in [-0.39, 0.29) is 12.2 Å². The van der Waals surface area contributed by atoms with E-state index in [1.54, 1.807) is 0 Å². The smallest absolute Gasteiger partial charge is 0.126 e. The standard InChI is InChI=1S/C24H32O4/c1-5-23(27-15-19-13-25-19)21-11-6-7-12-22(21)24(28-16-20-14-26-20)18(4)10-8-9-17(2)3/h5-10,19-20H,11-16H2,1-4H3/b10-8-,23-5+,24-18-. The highest BCUT2D eigenvalue weighted by molar-refractivity contribution is 5.48. The normalized spacial score (nSPS) is 24.9. The Kier molecular flexibility index (Phi) is 7.35. The lowest BCUT2D eigenvalue weighted by atomic mass is 9.92. The molecule has 2 saturated heterocycles. The van der Waals surface area contributed by atoms with Gasteiger partial charge in [0.25, 0.3) is 0 Å². The van der Waals surface area contributed by atoms with Gasteiger partial charge in [0.1, 0.15) is 36.9 Å². The van der Waals surface area contributed by atoms with Crippen molar-refractivity contribution >= 4 is 0 Å². The summed E-state index contributed by atoms with van der Waals surface area (Å²) in [4.78, 5) is 0. The summed E-state index contributed by atoms with van der Waals surface area (Å²) in [6.07, 6.45) is 14.9. The molecular formula is C24H32O4. The Balaban J connectivity index is 1.89. The fourth-order valence-corrected chi connectivity index (χ4v) is 3.06. The molecule has 2 aliphatic heterocycles. The van der Waals surface area contributed by atoms with Crippen molar-refractivity contribution in [1.82, 2.24) is 0 Å². The maximum absolute atomic E-state index is 6.27. The monoisotopic (exact) mass is 384 g/mol. The molecule has 2 heterocycles. The molecule has 2 unspecified atom stereocenters. The maximum Gasteiger partial charge on any atom is 0.126 e. The summed E-state index contributed by atoms with van der Waals surface area (Å²) in [6.45, 7) is 11.1. The Labute approximate surface area is 168 Å². The molecule has 28 heavy (non-hydrogen) atoms. The van der Waals surface area contributed by atoms with E-state index in [4.69, 9.17) is 18.9 Å². The number of allylic oxidation sites excluding steroid dienone is 10. The zero-order valence-electron chi connectivity index (χ0n) is 17.5. The van der Waals surface area contributed by atoms with E-state index < -0.39 is 0 Å². The highest BCUT2D eigenvalue weighted by Gasteiger charge is 2.27. The Morgan fingerprint density at radius 1 is 1.00 bits per heavy atom. The summed E-state index contributed by atoms with van der Waals surface area (Å²) in [6, 6.07) is 0. The lowest BCUT2D eigenvalue weighted by Gasteiger charge is -2.23.